The molecule has 0 unspecified atom stereocenters. The third-order valence-electron chi connectivity index (χ3n) is 2.80. The number of hydrogen-bond donors (Lipinski definition) is 1. The van der Waals surface area contributed by atoms with Gasteiger partial charge in [-0.3, -0.25) is 0 Å². The molecule has 0 radical (unpaired) electrons. The topological polar surface area (TPSA) is 37.8 Å². The lowest BCUT2D eigenvalue weighted by Crippen LogP contribution is -2.26. The molecule has 0 aliphatic carbocycles. The summed E-state index contributed by atoms with van der Waals surface area (Å²) in [6, 6.07) is 8.15. The highest BCUT2D eigenvalue weighted by Crippen LogP contribution is 2.24. The van der Waals surface area contributed by atoms with Crippen LogP contribution in [0.3, 0.4) is 0 Å². The van der Waals surface area contributed by atoms with E-state index in [4.69, 9.17) is 0 Å². The highest BCUT2D eigenvalue weighted by molar-refractivity contribution is 7.99. The Hall–Kier alpha value is -1.29. The van der Waals surface area contributed by atoms with Crippen LogP contribution in [0.5, 0.6) is 0 Å². The van der Waals surface area contributed by atoms with Crippen LogP contribution in [0.1, 0.15) is 13.8 Å². The van der Waals surface area contributed by atoms with E-state index in [2.05, 4.69) is 47.8 Å². The fourth-order valence-corrected chi connectivity index (χ4v) is 1.74. The van der Waals surface area contributed by atoms with E-state index in [0.717, 1.165) is 23.1 Å². The van der Waals surface area contributed by atoms with Gasteiger partial charge in [-0.25, -0.2) is 0 Å². The molecular weight excluding hydrogens is 230 g/mol. The van der Waals surface area contributed by atoms with E-state index >= 15 is 0 Å². The number of rotatable bonds is 4. The first kappa shape index (κ1) is 12.2. The summed E-state index contributed by atoms with van der Waals surface area (Å²) in [6.45, 7) is 5.29. The number of nitrogens with zero attached hydrogens (tertiary/aromatic N) is 2. The lowest BCUT2D eigenvalue weighted by Gasteiger charge is -2.22. The van der Waals surface area contributed by atoms with Gasteiger partial charge in [0.25, 0.3) is 0 Å². The fraction of sp³-hybridized carbons (Fsp3) is 0.385. The number of thioether (sulfide) groups is 1. The Morgan fingerprint density at radius 3 is 2.82 bits per heavy atom. The normalized spacial score (nSPS) is 11.7. The van der Waals surface area contributed by atoms with Crippen LogP contribution >= 0.6 is 11.8 Å². The molecule has 0 amide bonds. The fourth-order valence-electron chi connectivity index (χ4n) is 1.53. The molecule has 0 atom stereocenters. The summed E-state index contributed by atoms with van der Waals surface area (Å²) in [7, 11) is 0. The molecule has 0 fully saturated rings. The molecule has 1 aromatic carbocycles. The summed E-state index contributed by atoms with van der Waals surface area (Å²) in [4.78, 5) is 0. The van der Waals surface area contributed by atoms with Crippen molar-refractivity contribution >= 4 is 28.4 Å². The highest BCUT2D eigenvalue weighted by Gasteiger charge is 2.16. The largest absolute Gasteiger partial charge is 0.367 e. The molecule has 0 bridgehead atoms. The third-order valence-corrected chi connectivity index (χ3v) is 4.05. The van der Waals surface area contributed by atoms with Gasteiger partial charge in [0.15, 0.2) is 5.82 Å². The summed E-state index contributed by atoms with van der Waals surface area (Å²) in [5.74, 6) is 0.866. The van der Waals surface area contributed by atoms with E-state index < -0.39 is 0 Å². The number of aromatic nitrogens is 2. The van der Waals surface area contributed by atoms with Crippen LogP contribution in [0.25, 0.3) is 10.8 Å². The van der Waals surface area contributed by atoms with E-state index in [1.807, 2.05) is 23.9 Å². The summed E-state index contributed by atoms with van der Waals surface area (Å²) in [5.41, 5.74) is 0. The minimum absolute atomic E-state index is 0.193. The van der Waals surface area contributed by atoms with E-state index in [-0.39, 0.29) is 4.75 Å². The Bertz CT molecular complexity index is 505. The zero-order valence-electron chi connectivity index (χ0n) is 10.4. The van der Waals surface area contributed by atoms with Crippen LogP contribution in [0.4, 0.5) is 5.82 Å². The van der Waals surface area contributed by atoms with Crippen LogP contribution < -0.4 is 5.32 Å². The van der Waals surface area contributed by atoms with Crippen molar-refractivity contribution in [2.45, 2.75) is 18.6 Å². The Balaban J connectivity index is 2.24. The molecule has 1 aromatic heterocycles. The molecule has 17 heavy (non-hydrogen) atoms. The standard InChI is InChI=1S/C13H17N3S/c1-13(2,17-3)9-14-12-11-7-5-4-6-10(11)8-15-16-12/h4-8H,9H2,1-3H3,(H,14,16). The van der Waals surface area contributed by atoms with Crippen LogP contribution in [-0.2, 0) is 0 Å². The Morgan fingerprint density at radius 2 is 2.06 bits per heavy atom. The zero-order chi connectivity index (χ0) is 12.3. The first-order chi connectivity index (χ1) is 8.12. The molecule has 0 aliphatic heterocycles. The number of nitrogens with one attached hydrogen (secondary N) is 1. The molecule has 1 N–H and O–H groups in total. The molecule has 0 saturated heterocycles. The Labute approximate surface area is 106 Å². The minimum atomic E-state index is 0.193. The Kier molecular flexibility index (Phi) is 3.52. The summed E-state index contributed by atoms with van der Waals surface area (Å²) < 4.78 is 0.193. The second-order valence-electron chi connectivity index (χ2n) is 4.60. The predicted molar refractivity (Wildman–Crippen MR) is 75.6 cm³/mol. The van der Waals surface area contributed by atoms with Crippen LogP contribution in [-0.4, -0.2) is 27.7 Å². The average molecular weight is 247 g/mol. The van der Waals surface area contributed by atoms with Gasteiger partial charge in [-0.05, 0) is 20.1 Å². The zero-order valence-corrected chi connectivity index (χ0v) is 11.2. The number of fused-ring (bicyclic) bond motifs is 1. The maximum atomic E-state index is 4.17. The van der Waals surface area contributed by atoms with Crippen molar-refractivity contribution in [3.05, 3.63) is 30.5 Å². The second kappa shape index (κ2) is 4.92. The molecule has 0 aliphatic rings. The molecule has 1 heterocycles. The van der Waals surface area contributed by atoms with E-state index in [1.54, 1.807) is 6.20 Å². The highest BCUT2D eigenvalue weighted by atomic mass is 32.2. The first-order valence-electron chi connectivity index (χ1n) is 5.62. The van der Waals surface area contributed by atoms with Gasteiger partial charge in [0.2, 0.25) is 0 Å². The maximum absolute atomic E-state index is 4.17. The Morgan fingerprint density at radius 1 is 1.29 bits per heavy atom. The van der Waals surface area contributed by atoms with E-state index in [9.17, 15) is 0 Å². The SMILES string of the molecule is CSC(C)(C)CNc1nncc2ccccc12. The third kappa shape index (κ3) is 2.88. The molecular formula is C13H17N3S. The number of benzene rings is 1. The molecule has 0 saturated carbocycles. The number of hydrogen-bond acceptors (Lipinski definition) is 4. The molecule has 90 valence electrons. The monoisotopic (exact) mass is 247 g/mol. The van der Waals surface area contributed by atoms with Crippen molar-refractivity contribution in [2.75, 3.05) is 18.1 Å². The molecule has 4 heteroatoms. The van der Waals surface area contributed by atoms with Crippen LogP contribution in [0.15, 0.2) is 30.5 Å². The van der Waals surface area contributed by atoms with E-state index in [1.165, 1.54) is 0 Å². The predicted octanol–water partition coefficient (Wildman–Crippen LogP) is 3.18. The number of anilines is 1. The van der Waals surface area contributed by atoms with Crippen molar-refractivity contribution in [1.82, 2.24) is 10.2 Å². The van der Waals surface area contributed by atoms with Gasteiger partial charge in [-0.15, -0.1) is 5.10 Å². The maximum Gasteiger partial charge on any atom is 0.156 e. The van der Waals surface area contributed by atoms with Crippen molar-refractivity contribution in [2.24, 2.45) is 0 Å². The average Bonchev–Trinajstić information content (AvgIpc) is 2.36. The van der Waals surface area contributed by atoms with Gasteiger partial charge in [-0.2, -0.15) is 16.9 Å². The van der Waals surface area contributed by atoms with Crippen LogP contribution in [0, 0.1) is 0 Å². The minimum Gasteiger partial charge on any atom is -0.367 e. The van der Waals surface area contributed by atoms with Gasteiger partial charge >= 0.3 is 0 Å². The smallest absolute Gasteiger partial charge is 0.156 e. The van der Waals surface area contributed by atoms with Crippen molar-refractivity contribution < 1.29 is 0 Å². The van der Waals surface area contributed by atoms with Crippen LogP contribution in [0.2, 0.25) is 0 Å². The van der Waals surface area contributed by atoms with Crippen molar-refractivity contribution in [3.63, 3.8) is 0 Å². The van der Waals surface area contributed by atoms with Gasteiger partial charge in [0.1, 0.15) is 0 Å². The molecule has 3 nitrogen and oxygen atoms in total. The van der Waals surface area contributed by atoms with Gasteiger partial charge in [0.05, 0.1) is 6.20 Å². The van der Waals surface area contributed by atoms with E-state index in [0.29, 0.717) is 0 Å². The van der Waals surface area contributed by atoms with Crippen molar-refractivity contribution in [3.8, 4) is 0 Å². The van der Waals surface area contributed by atoms with Gasteiger partial charge in [0, 0.05) is 22.1 Å². The second-order valence-corrected chi connectivity index (χ2v) is 6.11. The first-order valence-corrected chi connectivity index (χ1v) is 6.84. The summed E-state index contributed by atoms with van der Waals surface area (Å²) >= 11 is 1.84. The summed E-state index contributed by atoms with van der Waals surface area (Å²) in [6.07, 6.45) is 3.91. The van der Waals surface area contributed by atoms with Gasteiger partial charge in [-0.1, -0.05) is 24.3 Å². The summed E-state index contributed by atoms with van der Waals surface area (Å²) in [5, 5.41) is 13.8. The van der Waals surface area contributed by atoms with Gasteiger partial charge < -0.3 is 5.32 Å². The molecule has 2 rings (SSSR count). The quantitative estimate of drug-likeness (QED) is 0.900. The van der Waals surface area contributed by atoms with Crippen molar-refractivity contribution in [1.29, 1.82) is 0 Å². The molecule has 0 spiro atoms. The lowest BCUT2D eigenvalue weighted by molar-refractivity contribution is 0.749. The lowest BCUT2D eigenvalue weighted by atomic mass is 10.1. The molecule has 2 aromatic rings.